The third-order valence-corrected chi connectivity index (χ3v) is 16.5. The maximum atomic E-state index is 10.8. The van der Waals surface area contributed by atoms with Crippen LogP contribution in [-0.4, -0.2) is 9.67 Å². The van der Waals surface area contributed by atoms with Gasteiger partial charge in [-0.3, -0.25) is 0 Å². The lowest BCUT2D eigenvalue weighted by molar-refractivity contribution is 0.477. The number of benzene rings is 12. The van der Waals surface area contributed by atoms with Crippen molar-refractivity contribution in [3.8, 4) is 78.2 Å². The number of hydrogen-bond donors (Lipinski definition) is 2. The van der Waals surface area contributed by atoms with Gasteiger partial charge in [0.15, 0.2) is 0 Å². The molecule has 2 N–H and O–H groups in total. The smallest absolute Gasteiger partial charge is 0.135 e. The Labute approximate surface area is 448 Å². The summed E-state index contributed by atoms with van der Waals surface area (Å²) in [6.07, 6.45) is 0. The van der Waals surface area contributed by atoms with Crippen LogP contribution < -0.4 is 5.32 Å². The zero-order valence-electron chi connectivity index (χ0n) is 41.6. The second-order valence-electron chi connectivity index (χ2n) is 19.9. The zero-order valence-corrected chi connectivity index (χ0v) is 42.4. The van der Waals surface area contributed by atoms with Gasteiger partial charge in [-0.15, -0.1) is 11.3 Å². The van der Waals surface area contributed by atoms with Gasteiger partial charge in [0, 0.05) is 69.9 Å². The number of thiophene rings is 1. The predicted molar refractivity (Wildman–Crippen MR) is 325 cm³/mol. The van der Waals surface area contributed by atoms with Crippen molar-refractivity contribution in [2.75, 3.05) is 5.32 Å². The Kier molecular flexibility index (Phi) is 10.5. The molecule has 0 spiro atoms. The maximum Gasteiger partial charge on any atom is 0.135 e. The minimum absolute atomic E-state index is 0.273. The summed E-state index contributed by atoms with van der Waals surface area (Å²) < 4.78 is 11.1. The van der Waals surface area contributed by atoms with E-state index in [-0.39, 0.29) is 5.75 Å². The predicted octanol–water partition coefficient (Wildman–Crippen LogP) is 20.5. The van der Waals surface area contributed by atoms with Crippen molar-refractivity contribution in [3.63, 3.8) is 0 Å². The molecule has 3 heterocycles. The van der Waals surface area contributed by atoms with Gasteiger partial charge < -0.3 is 19.4 Å². The highest BCUT2D eigenvalue weighted by Crippen LogP contribution is 2.45. The average Bonchev–Trinajstić information content (AvgIpc) is 4.28. The summed E-state index contributed by atoms with van der Waals surface area (Å²) in [5.41, 5.74) is 20.5. The molecule has 12 aromatic carbocycles. The Bertz CT molecular complexity index is 4810. The number of rotatable bonds is 9. The molecule has 3 aromatic heterocycles. The van der Waals surface area contributed by atoms with Gasteiger partial charge in [-0.05, 0) is 153 Å². The molecule has 15 aromatic rings. The normalized spacial score (nSPS) is 11.7. The number of phenolic OH excluding ortho intramolecular Hbond substituents is 1. The van der Waals surface area contributed by atoms with Gasteiger partial charge in [-0.1, -0.05) is 170 Å². The molecule has 362 valence electrons. The molecule has 0 radical (unpaired) electrons. The Morgan fingerprint density at radius 1 is 0.351 bits per heavy atom. The van der Waals surface area contributed by atoms with E-state index in [4.69, 9.17) is 4.42 Å². The molecule has 0 unspecified atom stereocenters. The third-order valence-electron chi connectivity index (χ3n) is 15.3. The molecule has 0 aliphatic carbocycles. The van der Waals surface area contributed by atoms with E-state index in [9.17, 15) is 5.11 Å². The number of nitrogens with zero attached hydrogens (tertiary/aromatic N) is 1. The number of aromatic nitrogens is 1. The summed E-state index contributed by atoms with van der Waals surface area (Å²) in [5.74, 6) is 0.273. The number of aromatic hydroxyl groups is 1. The molecule has 0 atom stereocenters. The van der Waals surface area contributed by atoms with E-state index < -0.39 is 0 Å². The minimum atomic E-state index is 0.273. The van der Waals surface area contributed by atoms with Crippen LogP contribution >= 0.6 is 11.3 Å². The maximum absolute atomic E-state index is 10.8. The van der Waals surface area contributed by atoms with Crippen molar-refractivity contribution in [2.45, 2.75) is 0 Å². The van der Waals surface area contributed by atoms with Gasteiger partial charge in [0.05, 0.1) is 11.0 Å². The molecule has 0 saturated carbocycles. The average molecular weight is 1000 g/mol. The summed E-state index contributed by atoms with van der Waals surface area (Å²) in [4.78, 5) is 0. The second-order valence-corrected chi connectivity index (χ2v) is 20.9. The van der Waals surface area contributed by atoms with E-state index in [0.29, 0.717) is 0 Å². The van der Waals surface area contributed by atoms with Gasteiger partial charge in [-0.2, -0.15) is 0 Å². The Balaban J connectivity index is 0.747. The molecule has 0 bridgehead atoms. The fraction of sp³-hybridized carbons (Fsp3) is 0. The van der Waals surface area contributed by atoms with Gasteiger partial charge in [-0.25, -0.2) is 0 Å². The van der Waals surface area contributed by atoms with Crippen LogP contribution in [0, 0.1) is 0 Å². The van der Waals surface area contributed by atoms with E-state index in [2.05, 4.69) is 222 Å². The first-order chi connectivity index (χ1) is 38.0. The molecule has 4 nitrogen and oxygen atoms in total. The van der Waals surface area contributed by atoms with Crippen LogP contribution in [0.3, 0.4) is 0 Å². The standard InChI is InChI=1S/C72H46N2O2S/c75-67-35-30-51(42-61(67)45-14-2-1-3-15-45)47-17-10-16-46(38-47)50-20-13-23-56(41-50)74-65-28-8-5-26-60(65)71-66(74)34-33-59-63-44-53(32-37-70(63)77-72(59)71)49-19-12-22-55(40-49)73-64-27-7-4-24-57(64)54-21-11-18-48(39-54)52-31-36-69-62(43-52)58-25-6-9-29-68(58)76-69/h1-44,73,75H. The number of anilines is 2. The zero-order chi connectivity index (χ0) is 51.0. The van der Waals surface area contributed by atoms with Gasteiger partial charge in [0.1, 0.15) is 16.9 Å². The summed E-state index contributed by atoms with van der Waals surface area (Å²) in [7, 11) is 0. The molecule has 5 heteroatoms. The number of furan rings is 1. The topological polar surface area (TPSA) is 50.3 Å². The first-order valence-electron chi connectivity index (χ1n) is 26.0. The number of nitrogens with one attached hydrogen (secondary N) is 1. The molecule has 0 aliphatic heterocycles. The Morgan fingerprint density at radius 3 is 1.79 bits per heavy atom. The molecule has 0 saturated heterocycles. The molecular weight excluding hydrogens is 957 g/mol. The number of phenols is 1. The number of para-hydroxylation sites is 3. The summed E-state index contributed by atoms with van der Waals surface area (Å²) in [6.45, 7) is 0. The lowest BCUT2D eigenvalue weighted by Gasteiger charge is -2.14. The van der Waals surface area contributed by atoms with Crippen LogP contribution in [0.25, 0.3) is 136 Å². The number of hydrogen-bond acceptors (Lipinski definition) is 4. The lowest BCUT2D eigenvalue weighted by Crippen LogP contribution is -1.94. The minimum Gasteiger partial charge on any atom is -0.507 e. The van der Waals surface area contributed by atoms with Crippen LogP contribution in [0.2, 0.25) is 0 Å². The van der Waals surface area contributed by atoms with Crippen LogP contribution in [0.5, 0.6) is 5.75 Å². The SMILES string of the molecule is Oc1ccc(-c2cccc(-c3cccc(-n4c5ccccc5c5c6sc7ccc(-c8cccc(Nc9ccccc9-c9cccc(-c%10ccc%11oc%12ccccc%12c%11c%10)c9)c8)cc7c6ccc54)c3)c2)cc1-c1ccccc1. The third kappa shape index (κ3) is 7.75. The van der Waals surface area contributed by atoms with E-state index >= 15 is 0 Å². The Morgan fingerprint density at radius 2 is 0.948 bits per heavy atom. The largest absolute Gasteiger partial charge is 0.507 e. The molecule has 0 aliphatic rings. The van der Waals surface area contributed by atoms with Crippen molar-refractivity contribution in [1.29, 1.82) is 0 Å². The van der Waals surface area contributed by atoms with E-state index in [1.807, 2.05) is 59.9 Å². The Hall–Kier alpha value is -9.94. The van der Waals surface area contributed by atoms with Crippen molar-refractivity contribution >= 4 is 86.6 Å². The first kappa shape index (κ1) is 44.5. The van der Waals surface area contributed by atoms with Crippen molar-refractivity contribution in [1.82, 2.24) is 4.57 Å². The van der Waals surface area contributed by atoms with Gasteiger partial charge >= 0.3 is 0 Å². The summed E-state index contributed by atoms with van der Waals surface area (Å²) in [5, 5.41) is 21.9. The number of fused-ring (bicyclic) bond motifs is 10. The van der Waals surface area contributed by atoms with Crippen molar-refractivity contribution < 1.29 is 9.52 Å². The molecule has 77 heavy (non-hydrogen) atoms. The van der Waals surface area contributed by atoms with Crippen LogP contribution in [-0.2, 0) is 0 Å². The lowest BCUT2D eigenvalue weighted by atomic mass is 9.95. The van der Waals surface area contributed by atoms with Crippen LogP contribution in [0.4, 0.5) is 11.4 Å². The monoisotopic (exact) mass is 1000 g/mol. The van der Waals surface area contributed by atoms with Gasteiger partial charge in [0.2, 0.25) is 0 Å². The highest BCUT2D eigenvalue weighted by Gasteiger charge is 2.19. The van der Waals surface area contributed by atoms with E-state index in [0.717, 1.165) is 100 Å². The van der Waals surface area contributed by atoms with Crippen LogP contribution in [0.15, 0.2) is 271 Å². The molecular formula is C72H46N2O2S. The first-order valence-corrected chi connectivity index (χ1v) is 26.8. The van der Waals surface area contributed by atoms with E-state index in [1.54, 1.807) is 6.07 Å². The summed E-state index contributed by atoms with van der Waals surface area (Å²) >= 11 is 1.88. The fourth-order valence-corrected chi connectivity index (χ4v) is 12.8. The highest BCUT2D eigenvalue weighted by atomic mass is 32.1. The van der Waals surface area contributed by atoms with Crippen molar-refractivity contribution in [3.05, 3.63) is 267 Å². The molecule has 0 amide bonds. The fourth-order valence-electron chi connectivity index (χ4n) is 11.6. The van der Waals surface area contributed by atoms with Crippen molar-refractivity contribution in [2.24, 2.45) is 0 Å². The summed E-state index contributed by atoms with van der Waals surface area (Å²) in [6, 6.07) is 94.8. The molecule has 15 rings (SSSR count). The second kappa shape index (κ2) is 18.2. The highest BCUT2D eigenvalue weighted by molar-refractivity contribution is 7.26. The molecule has 0 fully saturated rings. The van der Waals surface area contributed by atoms with E-state index in [1.165, 1.54) is 47.5 Å². The quantitative estimate of drug-likeness (QED) is 0.151. The van der Waals surface area contributed by atoms with Gasteiger partial charge in [0.25, 0.3) is 0 Å². The van der Waals surface area contributed by atoms with Crippen LogP contribution in [0.1, 0.15) is 0 Å².